The van der Waals surface area contributed by atoms with Crippen LogP contribution in [0.1, 0.15) is 57.1 Å². The smallest absolute Gasteiger partial charge is 0.269 e. The van der Waals surface area contributed by atoms with Crippen LogP contribution in [0.25, 0.3) is 0 Å². The third-order valence-corrected chi connectivity index (χ3v) is 6.18. The number of carbonyl (C=O) groups is 5. The summed E-state index contributed by atoms with van der Waals surface area (Å²) in [4.78, 5) is 71.1. The SMILES string of the molecule is CC(=O)N[C@@H](CCCCNC(=O)CCC(=O)[C@H](Cc1ccccc1)NC(C)=O)C(=O)Cc1ccc([N+](=O)[O-])cc1. The van der Waals surface area contributed by atoms with Crippen molar-refractivity contribution in [2.45, 2.75) is 70.9 Å². The summed E-state index contributed by atoms with van der Waals surface area (Å²) < 4.78 is 0. The monoisotopic (exact) mass is 552 g/mol. The Morgan fingerprint density at radius 2 is 1.40 bits per heavy atom. The molecule has 11 nitrogen and oxygen atoms in total. The Morgan fingerprint density at radius 1 is 0.775 bits per heavy atom. The van der Waals surface area contributed by atoms with E-state index in [0.29, 0.717) is 37.8 Å². The number of ketones is 2. The van der Waals surface area contributed by atoms with Crippen LogP contribution >= 0.6 is 0 Å². The summed E-state index contributed by atoms with van der Waals surface area (Å²) in [6, 6.07) is 13.6. The van der Waals surface area contributed by atoms with Crippen LogP contribution in [0.4, 0.5) is 5.69 Å². The van der Waals surface area contributed by atoms with E-state index >= 15 is 0 Å². The molecule has 2 rings (SSSR count). The van der Waals surface area contributed by atoms with Crippen molar-refractivity contribution in [2.75, 3.05) is 6.54 Å². The lowest BCUT2D eigenvalue weighted by Crippen LogP contribution is -2.41. The Kier molecular flexibility index (Phi) is 13.1. The molecule has 0 radical (unpaired) electrons. The van der Waals surface area contributed by atoms with Gasteiger partial charge in [-0.05, 0) is 36.8 Å². The maximum atomic E-state index is 12.7. The van der Waals surface area contributed by atoms with Crippen LogP contribution in [-0.4, -0.2) is 52.8 Å². The van der Waals surface area contributed by atoms with Crippen molar-refractivity contribution in [3.8, 4) is 0 Å². The van der Waals surface area contributed by atoms with Crippen molar-refractivity contribution >= 4 is 35.0 Å². The first kappa shape index (κ1) is 31.8. The van der Waals surface area contributed by atoms with Crippen molar-refractivity contribution < 1.29 is 28.9 Å². The van der Waals surface area contributed by atoms with E-state index in [0.717, 1.165) is 5.56 Å². The zero-order valence-electron chi connectivity index (χ0n) is 22.8. The van der Waals surface area contributed by atoms with E-state index in [2.05, 4.69) is 16.0 Å². The molecule has 3 N–H and O–H groups in total. The normalized spacial score (nSPS) is 12.1. The predicted molar refractivity (Wildman–Crippen MR) is 148 cm³/mol. The summed E-state index contributed by atoms with van der Waals surface area (Å²) in [7, 11) is 0. The molecule has 214 valence electrons. The van der Waals surface area contributed by atoms with Gasteiger partial charge in [0.25, 0.3) is 5.69 Å². The van der Waals surface area contributed by atoms with Gasteiger partial charge in [0.1, 0.15) is 0 Å². The maximum Gasteiger partial charge on any atom is 0.269 e. The number of nitrogens with one attached hydrogen (secondary N) is 3. The molecule has 0 unspecified atom stereocenters. The molecule has 0 heterocycles. The molecule has 0 aliphatic carbocycles. The largest absolute Gasteiger partial charge is 0.356 e. The lowest BCUT2D eigenvalue weighted by molar-refractivity contribution is -0.384. The Morgan fingerprint density at radius 3 is 2.00 bits per heavy atom. The number of Topliss-reactive ketones (excluding diaryl/α,β-unsaturated/α-hetero) is 2. The number of carbonyl (C=O) groups excluding carboxylic acids is 5. The average Bonchev–Trinajstić information content (AvgIpc) is 2.90. The summed E-state index contributed by atoms with van der Waals surface area (Å²) in [6.07, 6.45) is 1.84. The van der Waals surface area contributed by atoms with E-state index in [1.807, 2.05) is 30.3 Å². The van der Waals surface area contributed by atoms with Gasteiger partial charge in [0, 0.05) is 51.8 Å². The van der Waals surface area contributed by atoms with E-state index < -0.39 is 17.0 Å². The number of nitrogens with zero attached hydrogens (tertiary/aromatic N) is 1. The maximum absolute atomic E-state index is 12.7. The lowest BCUT2D eigenvalue weighted by Gasteiger charge is -2.17. The molecule has 3 amide bonds. The Labute approximate surface area is 233 Å². The van der Waals surface area contributed by atoms with Gasteiger partial charge in [0.05, 0.1) is 17.0 Å². The topological polar surface area (TPSA) is 165 Å². The van der Waals surface area contributed by atoms with Crippen LogP contribution in [0.5, 0.6) is 0 Å². The van der Waals surface area contributed by atoms with E-state index in [-0.39, 0.29) is 54.2 Å². The van der Waals surface area contributed by atoms with E-state index in [4.69, 9.17) is 0 Å². The van der Waals surface area contributed by atoms with Gasteiger partial charge in [0.15, 0.2) is 11.6 Å². The van der Waals surface area contributed by atoms with Crippen LogP contribution in [0.3, 0.4) is 0 Å². The summed E-state index contributed by atoms with van der Waals surface area (Å²) >= 11 is 0. The minimum atomic E-state index is -0.712. The number of amides is 3. The third kappa shape index (κ3) is 12.0. The third-order valence-electron chi connectivity index (χ3n) is 6.18. The lowest BCUT2D eigenvalue weighted by atomic mass is 9.99. The van der Waals surface area contributed by atoms with Crippen molar-refractivity contribution in [3.05, 3.63) is 75.8 Å². The fourth-order valence-electron chi connectivity index (χ4n) is 4.16. The Balaban J connectivity index is 1.75. The number of unbranched alkanes of at least 4 members (excludes halogenated alkanes) is 1. The van der Waals surface area contributed by atoms with Crippen molar-refractivity contribution in [2.24, 2.45) is 0 Å². The first-order valence-electron chi connectivity index (χ1n) is 13.2. The summed E-state index contributed by atoms with van der Waals surface area (Å²) in [5, 5.41) is 18.9. The Bertz CT molecular complexity index is 1180. The van der Waals surface area contributed by atoms with Crippen molar-refractivity contribution in [1.29, 1.82) is 0 Å². The van der Waals surface area contributed by atoms with E-state index in [1.54, 1.807) is 0 Å². The molecule has 0 bridgehead atoms. The molecule has 0 spiro atoms. The number of hydrogen-bond acceptors (Lipinski definition) is 7. The van der Waals surface area contributed by atoms with Crippen LogP contribution in [0.15, 0.2) is 54.6 Å². The average molecular weight is 553 g/mol. The fourth-order valence-corrected chi connectivity index (χ4v) is 4.16. The molecule has 2 atom stereocenters. The molecular formula is C29H36N4O7. The minimum Gasteiger partial charge on any atom is -0.356 e. The zero-order valence-corrected chi connectivity index (χ0v) is 22.8. The van der Waals surface area contributed by atoms with Crippen LogP contribution < -0.4 is 16.0 Å². The highest BCUT2D eigenvalue weighted by Crippen LogP contribution is 2.14. The molecule has 0 saturated heterocycles. The number of non-ortho nitro benzene ring substituents is 1. The van der Waals surface area contributed by atoms with Crippen molar-refractivity contribution in [3.63, 3.8) is 0 Å². The molecule has 2 aromatic rings. The molecule has 40 heavy (non-hydrogen) atoms. The number of benzene rings is 2. The molecule has 0 saturated carbocycles. The highest BCUT2D eigenvalue weighted by molar-refractivity contribution is 5.91. The minimum absolute atomic E-state index is 0.00799. The summed E-state index contributed by atoms with van der Waals surface area (Å²) in [5.41, 5.74) is 1.45. The van der Waals surface area contributed by atoms with Crippen LogP contribution in [0, 0.1) is 10.1 Å². The summed E-state index contributed by atoms with van der Waals surface area (Å²) in [5.74, 6) is -1.38. The first-order valence-corrected chi connectivity index (χ1v) is 13.2. The molecule has 0 aliphatic heterocycles. The molecule has 0 aliphatic rings. The van der Waals surface area contributed by atoms with Gasteiger partial charge >= 0.3 is 0 Å². The number of rotatable bonds is 17. The second-order valence-corrected chi connectivity index (χ2v) is 9.57. The number of hydrogen-bond donors (Lipinski definition) is 3. The molecule has 0 aromatic heterocycles. The fraction of sp³-hybridized carbons (Fsp3) is 0.414. The van der Waals surface area contributed by atoms with Crippen LogP contribution in [0.2, 0.25) is 0 Å². The van der Waals surface area contributed by atoms with Gasteiger partial charge < -0.3 is 16.0 Å². The molecule has 11 heteroatoms. The zero-order chi connectivity index (χ0) is 29.5. The second kappa shape index (κ2) is 16.5. The van der Waals surface area contributed by atoms with Crippen molar-refractivity contribution in [1.82, 2.24) is 16.0 Å². The second-order valence-electron chi connectivity index (χ2n) is 9.57. The first-order chi connectivity index (χ1) is 19.0. The standard InChI is InChI=1S/C29H36N4O7/c1-20(34)31-25(28(37)19-23-11-13-24(14-12-23)33(39)40)10-6-7-17-30-29(38)16-15-27(36)26(32-21(2)35)18-22-8-4-3-5-9-22/h3-5,8-9,11-14,25-26H,6-7,10,15-19H2,1-2H3,(H,30,38)(H,31,34)(H,32,35)/t25-,26-/m0/s1. The van der Waals surface area contributed by atoms with Gasteiger partial charge in [-0.3, -0.25) is 34.1 Å². The van der Waals surface area contributed by atoms with Gasteiger partial charge in [-0.1, -0.05) is 42.5 Å². The Hall–Kier alpha value is -4.41. The van der Waals surface area contributed by atoms with Gasteiger partial charge in [-0.2, -0.15) is 0 Å². The predicted octanol–water partition coefficient (Wildman–Crippen LogP) is 2.59. The van der Waals surface area contributed by atoms with E-state index in [9.17, 15) is 34.1 Å². The molecular weight excluding hydrogens is 516 g/mol. The number of nitro benzene ring substituents is 1. The van der Waals surface area contributed by atoms with Gasteiger partial charge in [0.2, 0.25) is 17.7 Å². The summed E-state index contributed by atoms with van der Waals surface area (Å²) in [6.45, 7) is 3.01. The highest BCUT2D eigenvalue weighted by Gasteiger charge is 2.21. The van der Waals surface area contributed by atoms with E-state index in [1.165, 1.54) is 38.1 Å². The molecule has 0 fully saturated rings. The van der Waals surface area contributed by atoms with Gasteiger partial charge in [-0.15, -0.1) is 0 Å². The number of nitro groups is 1. The van der Waals surface area contributed by atoms with Gasteiger partial charge in [-0.25, -0.2) is 0 Å². The highest BCUT2D eigenvalue weighted by atomic mass is 16.6. The molecule has 2 aromatic carbocycles. The van der Waals surface area contributed by atoms with Crippen LogP contribution in [-0.2, 0) is 36.8 Å². The quantitative estimate of drug-likeness (QED) is 0.154.